The lowest BCUT2D eigenvalue weighted by Crippen LogP contribution is -2.40. The maximum atomic E-state index is 12.5. The topological polar surface area (TPSA) is 75.3 Å². The van der Waals surface area contributed by atoms with Gasteiger partial charge in [-0.15, -0.1) is 0 Å². The van der Waals surface area contributed by atoms with Crippen molar-refractivity contribution < 1.29 is 14.4 Å². The second kappa shape index (κ2) is 8.83. The van der Waals surface area contributed by atoms with Gasteiger partial charge in [0.15, 0.2) is 5.78 Å². The number of nitrogens with one attached hydrogen (secondary N) is 2. The summed E-state index contributed by atoms with van der Waals surface area (Å²) in [5.41, 5.74) is 3.02. The fourth-order valence-corrected chi connectivity index (χ4v) is 2.81. The Bertz CT molecular complexity index is 895. The summed E-state index contributed by atoms with van der Waals surface area (Å²) in [5.74, 6) is -0.611. The number of hydrogen-bond donors (Lipinski definition) is 2. The molecule has 2 amide bonds. The number of ketones is 1. The molecule has 5 nitrogen and oxygen atoms in total. The van der Waals surface area contributed by atoms with E-state index in [2.05, 4.69) is 10.6 Å². The van der Waals surface area contributed by atoms with Crippen molar-refractivity contribution in [3.63, 3.8) is 0 Å². The summed E-state index contributed by atoms with van der Waals surface area (Å²) in [6.07, 6.45) is 0.175. The summed E-state index contributed by atoms with van der Waals surface area (Å²) in [6.45, 7) is 9.50. The molecule has 0 saturated heterocycles. The van der Waals surface area contributed by atoms with Crippen molar-refractivity contribution in [1.82, 2.24) is 5.32 Å². The van der Waals surface area contributed by atoms with Crippen molar-refractivity contribution in [2.75, 3.05) is 5.32 Å². The van der Waals surface area contributed by atoms with Gasteiger partial charge < -0.3 is 10.6 Å². The van der Waals surface area contributed by atoms with Crippen molar-refractivity contribution in [3.8, 4) is 0 Å². The van der Waals surface area contributed by atoms with Crippen LogP contribution in [0.5, 0.6) is 0 Å². The zero-order valence-corrected chi connectivity index (χ0v) is 17.2. The van der Waals surface area contributed by atoms with E-state index in [1.54, 1.807) is 24.3 Å². The largest absolute Gasteiger partial charge is 0.347 e. The molecule has 0 aromatic heterocycles. The average Bonchev–Trinajstić information content (AvgIpc) is 2.60. The zero-order chi connectivity index (χ0) is 20.9. The van der Waals surface area contributed by atoms with E-state index in [0.717, 1.165) is 11.1 Å². The number of carbonyl (C=O) groups is 3. The second-order valence-electron chi connectivity index (χ2n) is 8.04. The van der Waals surface area contributed by atoms with Gasteiger partial charge in [0.2, 0.25) is 5.91 Å². The highest BCUT2D eigenvalue weighted by molar-refractivity contribution is 6.05. The van der Waals surface area contributed by atoms with Crippen LogP contribution < -0.4 is 10.6 Å². The molecular formula is C23H28N2O3. The fourth-order valence-electron chi connectivity index (χ4n) is 2.81. The zero-order valence-electron chi connectivity index (χ0n) is 17.2. The fraction of sp³-hybridized carbons (Fsp3) is 0.348. The SMILES string of the molecule is Cc1ccc(C)c(C(=O)CCC(=O)Nc2ccccc2C(=O)NC(C)(C)C)c1. The molecule has 0 unspecified atom stereocenters. The number of Topliss-reactive ketones (excluding diaryl/α,β-unsaturated/α-hetero) is 1. The van der Waals surface area contributed by atoms with Crippen molar-refractivity contribution in [2.45, 2.75) is 53.0 Å². The predicted octanol–water partition coefficient (Wildman–Crippen LogP) is 4.43. The van der Waals surface area contributed by atoms with Gasteiger partial charge in [0, 0.05) is 23.9 Å². The molecule has 5 heteroatoms. The highest BCUT2D eigenvalue weighted by Crippen LogP contribution is 2.18. The Morgan fingerprint density at radius 3 is 2.25 bits per heavy atom. The molecule has 28 heavy (non-hydrogen) atoms. The van der Waals surface area contributed by atoms with E-state index in [-0.39, 0.29) is 36.0 Å². The molecule has 0 aliphatic carbocycles. The summed E-state index contributed by atoms with van der Waals surface area (Å²) in [4.78, 5) is 37.3. The Balaban J connectivity index is 2.03. The van der Waals surface area contributed by atoms with E-state index in [1.807, 2.05) is 52.8 Å². The quantitative estimate of drug-likeness (QED) is 0.728. The third kappa shape index (κ3) is 6.05. The van der Waals surface area contributed by atoms with Gasteiger partial charge in [-0.1, -0.05) is 29.8 Å². The first-order valence-corrected chi connectivity index (χ1v) is 9.38. The standard InChI is InChI=1S/C23H28N2O3/c1-15-10-11-16(2)18(14-15)20(26)12-13-21(27)24-19-9-7-6-8-17(19)22(28)25-23(3,4)5/h6-11,14H,12-13H2,1-5H3,(H,24,27)(H,25,28). The maximum absolute atomic E-state index is 12.5. The monoisotopic (exact) mass is 380 g/mol. The number of amides is 2. The molecule has 0 spiro atoms. The van der Waals surface area contributed by atoms with Crippen molar-refractivity contribution in [2.24, 2.45) is 0 Å². The van der Waals surface area contributed by atoms with E-state index in [0.29, 0.717) is 16.8 Å². The minimum Gasteiger partial charge on any atom is -0.347 e. The first-order valence-electron chi connectivity index (χ1n) is 9.38. The number of para-hydroxylation sites is 1. The Hall–Kier alpha value is -2.95. The Morgan fingerprint density at radius 2 is 1.57 bits per heavy atom. The Morgan fingerprint density at radius 1 is 0.893 bits per heavy atom. The van der Waals surface area contributed by atoms with E-state index in [1.165, 1.54) is 0 Å². The van der Waals surface area contributed by atoms with Crippen LogP contribution in [0.15, 0.2) is 42.5 Å². The molecule has 2 aromatic rings. The molecule has 2 aromatic carbocycles. The summed E-state index contributed by atoms with van der Waals surface area (Å²) in [5, 5.41) is 5.65. The van der Waals surface area contributed by atoms with Gasteiger partial charge in [-0.2, -0.15) is 0 Å². The van der Waals surface area contributed by atoms with Gasteiger partial charge in [0.05, 0.1) is 11.3 Å². The molecular weight excluding hydrogens is 352 g/mol. The van der Waals surface area contributed by atoms with Gasteiger partial charge in [-0.25, -0.2) is 0 Å². The summed E-state index contributed by atoms with van der Waals surface area (Å²) in [7, 11) is 0. The molecule has 2 rings (SSSR count). The van der Waals surface area contributed by atoms with Gasteiger partial charge >= 0.3 is 0 Å². The molecule has 0 atom stereocenters. The van der Waals surface area contributed by atoms with Crippen molar-refractivity contribution >= 4 is 23.3 Å². The summed E-state index contributed by atoms with van der Waals surface area (Å²) >= 11 is 0. The lowest BCUT2D eigenvalue weighted by molar-refractivity contribution is -0.116. The number of rotatable bonds is 6. The molecule has 0 radical (unpaired) electrons. The predicted molar refractivity (Wildman–Crippen MR) is 112 cm³/mol. The first kappa shape index (κ1) is 21.4. The van der Waals surface area contributed by atoms with E-state index >= 15 is 0 Å². The van der Waals surface area contributed by atoms with Gasteiger partial charge in [0.25, 0.3) is 5.91 Å². The van der Waals surface area contributed by atoms with E-state index in [9.17, 15) is 14.4 Å². The lowest BCUT2D eigenvalue weighted by atomic mass is 9.99. The maximum Gasteiger partial charge on any atom is 0.253 e. The van der Waals surface area contributed by atoms with Crippen LogP contribution in [0.25, 0.3) is 0 Å². The van der Waals surface area contributed by atoms with Crippen LogP contribution in [0.2, 0.25) is 0 Å². The molecule has 0 saturated carbocycles. The Labute approximate surface area is 166 Å². The average molecular weight is 380 g/mol. The number of hydrogen-bond acceptors (Lipinski definition) is 3. The molecule has 148 valence electrons. The van der Waals surface area contributed by atoms with Crippen molar-refractivity contribution in [3.05, 3.63) is 64.7 Å². The number of benzene rings is 2. The minimum atomic E-state index is -0.383. The number of carbonyl (C=O) groups excluding carboxylic acids is 3. The summed E-state index contributed by atoms with van der Waals surface area (Å²) in [6, 6.07) is 12.6. The highest BCUT2D eigenvalue weighted by atomic mass is 16.2. The molecule has 0 aliphatic rings. The summed E-state index contributed by atoms with van der Waals surface area (Å²) < 4.78 is 0. The Kier molecular flexibility index (Phi) is 6.73. The minimum absolute atomic E-state index is 0.0570. The van der Waals surface area contributed by atoms with Crippen LogP contribution in [0.1, 0.15) is 65.5 Å². The normalized spacial score (nSPS) is 11.0. The van der Waals surface area contributed by atoms with Crippen LogP contribution in [-0.4, -0.2) is 23.1 Å². The van der Waals surface area contributed by atoms with Gasteiger partial charge in [0.1, 0.15) is 0 Å². The van der Waals surface area contributed by atoms with Crippen LogP contribution in [0.4, 0.5) is 5.69 Å². The lowest BCUT2D eigenvalue weighted by Gasteiger charge is -2.21. The van der Waals surface area contributed by atoms with Gasteiger partial charge in [-0.05, 0) is 58.4 Å². The van der Waals surface area contributed by atoms with Crippen LogP contribution in [0, 0.1) is 13.8 Å². The molecule has 0 fully saturated rings. The van der Waals surface area contributed by atoms with Gasteiger partial charge in [-0.3, -0.25) is 14.4 Å². The third-order valence-electron chi connectivity index (χ3n) is 4.21. The van der Waals surface area contributed by atoms with Crippen LogP contribution >= 0.6 is 0 Å². The van der Waals surface area contributed by atoms with Crippen LogP contribution in [-0.2, 0) is 4.79 Å². The highest BCUT2D eigenvalue weighted by Gasteiger charge is 2.19. The number of anilines is 1. The second-order valence-corrected chi connectivity index (χ2v) is 8.04. The molecule has 0 bridgehead atoms. The smallest absolute Gasteiger partial charge is 0.253 e. The third-order valence-corrected chi connectivity index (χ3v) is 4.21. The van der Waals surface area contributed by atoms with E-state index in [4.69, 9.17) is 0 Å². The number of aryl methyl sites for hydroxylation is 2. The molecule has 0 aliphatic heterocycles. The molecule has 2 N–H and O–H groups in total. The van der Waals surface area contributed by atoms with Crippen molar-refractivity contribution in [1.29, 1.82) is 0 Å². The first-order chi connectivity index (χ1) is 13.1. The van der Waals surface area contributed by atoms with Crippen LogP contribution in [0.3, 0.4) is 0 Å². The van der Waals surface area contributed by atoms with E-state index < -0.39 is 0 Å². The molecule has 0 heterocycles.